The number of aromatic carboxylic acids is 1. The molecular weight excluding hydrogens is 336 g/mol. The Hall–Kier alpha value is -1.40. The van der Waals surface area contributed by atoms with Gasteiger partial charge < -0.3 is 16.2 Å². The van der Waals surface area contributed by atoms with Gasteiger partial charge in [0.05, 0.1) is 16.8 Å². The van der Waals surface area contributed by atoms with Crippen molar-refractivity contribution in [1.29, 1.82) is 0 Å². The minimum Gasteiger partial charge on any atom is -0.478 e. The lowest BCUT2D eigenvalue weighted by Crippen LogP contribution is -2.53. The summed E-state index contributed by atoms with van der Waals surface area (Å²) in [5.74, 6) is -0.782. The summed E-state index contributed by atoms with van der Waals surface area (Å²) in [5.41, 5.74) is 6.10. The Bertz CT molecular complexity index is 576. The molecule has 1 aliphatic rings. The first-order valence-electron chi connectivity index (χ1n) is 6.95. The lowest BCUT2D eigenvalue weighted by atomic mass is 9.76. The molecule has 0 radical (unpaired) electrons. The lowest BCUT2D eigenvalue weighted by molar-refractivity contribution is -0.122. The highest BCUT2D eigenvalue weighted by molar-refractivity contribution is 9.10. The van der Waals surface area contributed by atoms with Crippen LogP contribution in [0, 0.1) is 5.92 Å². The van der Waals surface area contributed by atoms with E-state index in [9.17, 15) is 9.59 Å². The molecule has 1 aliphatic carbocycles. The average molecular weight is 355 g/mol. The molecule has 2 atom stereocenters. The van der Waals surface area contributed by atoms with E-state index in [1.807, 2.05) is 0 Å². The van der Waals surface area contributed by atoms with Gasteiger partial charge in [-0.05, 0) is 52.9 Å². The molecule has 6 heteroatoms. The van der Waals surface area contributed by atoms with Crippen LogP contribution in [0.3, 0.4) is 0 Å². The SMILES string of the molecule is CC1CCCC(N)(C(=O)Nc2ccc(C(=O)O)cc2Br)C1. The molecule has 21 heavy (non-hydrogen) atoms. The Morgan fingerprint density at radius 3 is 2.76 bits per heavy atom. The zero-order chi connectivity index (χ0) is 15.6. The van der Waals surface area contributed by atoms with Gasteiger partial charge in [0.15, 0.2) is 0 Å². The maximum atomic E-state index is 12.4. The van der Waals surface area contributed by atoms with Gasteiger partial charge in [0.2, 0.25) is 5.91 Å². The van der Waals surface area contributed by atoms with Crippen molar-refractivity contribution in [3.63, 3.8) is 0 Å². The number of carbonyl (C=O) groups excluding carboxylic acids is 1. The fraction of sp³-hybridized carbons (Fsp3) is 0.467. The van der Waals surface area contributed by atoms with E-state index in [1.165, 1.54) is 12.1 Å². The second-order valence-corrected chi connectivity index (χ2v) is 6.67. The van der Waals surface area contributed by atoms with Gasteiger partial charge in [0.25, 0.3) is 0 Å². The fourth-order valence-electron chi connectivity index (χ4n) is 2.79. The van der Waals surface area contributed by atoms with E-state index in [2.05, 4.69) is 28.2 Å². The van der Waals surface area contributed by atoms with E-state index in [1.54, 1.807) is 6.07 Å². The van der Waals surface area contributed by atoms with Crippen molar-refractivity contribution in [2.24, 2.45) is 11.7 Å². The molecule has 0 aliphatic heterocycles. The molecular formula is C15H19BrN2O3. The summed E-state index contributed by atoms with van der Waals surface area (Å²) in [6, 6.07) is 4.49. The van der Waals surface area contributed by atoms with Crippen LogP contribution in [-0.4, -0.2) is 22.5 Å². The minimum atomic E-state index is -1.01. The first kappa shape index (κ1) is 16.0. The summed E-state index contributed by atoms with van der Waals surface area (Å²) < 4.78 is 0.531. The Labute approximate surface area is 132 Å². The molecule has 1 aromatic rings. The van der Waals surface area contributed by atoms with Crippen LogP contribution in [0.4, 0.5) is 5.69 Å². The third-order valence-electron chi connectivity index (χ3n) is 3.95. The Morgan fingerprint density at radius 2 is 2.19 bits per heavy atom. The number of benzene rings is 1. The maximum Gasteiger partial charge on any atom is 0.335 e. The molecule has 0 saturated heterocycles. The molecule has 114 valence electrons. The highest BCUT2D eigenvalue weighted by Gasteiger charge is 2.38. The quantitative estimate of drug-likeness (QED) is 0.777. The predicted molar refractivity (Wildman–Crippen MR) is 84.3 cm³/mol. The first-order chi connectivity index (χ1) is 9.82. The van der Waals surface area contributed by atoms with Crippen molar-refractivity contribution in [2.75, 3.05) is 5.32 Å². The van der Waals surface area contributed by atoms with Crippen LogP contribution in [0.5, 0.6) is 0 Å². The number of nitrogens with one attached hydrogen (secondary N) is 1. The molecule has 1 amide bonds. The number of hydrogen-bond acceptors (Lipinski definition) is 3. The van der Waals surface area contributed by atoms with E-state index in [-0.39, 0.29) is 11.5 Å². The zero-order valence-corrected chi connectivity index (χ0v) is 13.4. The number of carbonyl (C=O) groups is 2. The van der Waals surface area contributed by atoms with Crippen LogP contribution >= 0.6 is 15.9 Å². The summed E-state index contributed by atoms with van der Waals surface area (Å²) in [4.78, 5) is 23.3. The van der Waals surface area contributed by atoms with E-state index >= 15 is 0 Å². The number of amides is 1. The normalized spacial score (nSPS) is 25.4. The first-order valence-corrected chi connectivity index (χ1v) is 7.74. The van der Waals surface area contributed by atoms with Gasteiger partial charge in [-0.1, -0.05) is 19.8 Å². The van der Waals surface area contributed by atoms with Gasteiger partial charge in [0, 0.05) is 4.47 Å². The highest BCUT2D eigenvalue weighted by atomic mass is 79.9. The van der Waals surface area contributed by atoms with E-state index in [0.717, 1.165) is 12.8 Å². The molecule has 0 aromatic heterocycles. The number of carboxylic acid groups (broad SMARTS) is 1. The number of nitrogens with two attached hydrogens (primary N) is 1. The van der Waals surface area contributed by atoms with E-state index < -0.39 is 11.5 Å². The van der Waals surface area contributed by atoms with Gasteiger partial charge in [0.1, 0.15) is 0 Å². The Morgan fingerprint density at radius 1 is 1.48 bits per heavy atom. The van der Waals surface area contributed by atoms with Gasteiger partial charge in [-0.25, -0.2) is 4.79 Å². The third kappa shape index (κ3) is 3.63. The van der Waals surface area contributed by atoms with Crippen molar-refractivity contribution >= 4 is 33.5 Å². The van der Waals surface area contributed by atoms with Crippen molar-refractivity contribution in [3.8, 4) is 0 Å². The summed E-state index contributed by atoms with van der Waals surface area (Å²) in [5, 5.41) is 11.7. The van der Waals surface area contributed by atoms with Crippen LogP contribution in [0.2, 0.25) is 0 Å². The van der Waals surface area contributed by atoms with E-state index in [0.29, 0.717) is 28.9 Å². The summed E-state index contributed by atoms with van der Waals surface area (Å²) in [7, 11) is 0. The molecule has 1 fully saturated rings. The van der Waals surface area contributed by atoms with Crippen molar-refractivity contribution in [2.45, 2.75) is 38.1 Å². The number of hydrogen-bond donors (Lipinski definition) is 3. The minimum absolute atomic E-state index is 0.161. The van der Waals surface area contributed by atoms with Crippen molar-refractivity contribution in [1.82, 2.24) is 0 Å². The monoisotopic (exact) mass is 354 g/mol. The van der Waals surface area contributed by atoms with Crippen LogP contribution in [0.1, 0.15) is 43.0 Å². The van der Waals surface area contributed by atoms with E-state index in [4.69, 9.17) is 10.8 Å². The molecule has 1 aromatic carbocycles. The molecule has 0 heterocycles. The summed E-state index contributed by atoms with van der Waals surface area (Å²) in [6.07, 6.45) is 3.39. The standard InChI is InChI=1S/C15H19BrN2O3/c1-9-3-2-6-15(17,8-9)14(21)18-12-5-4-10(13(19)20)7-11(12)16/h4-5,7,9H,2-3,6,8,17H2,1H3,(H,18,21)(H,19,20). The summed E-state index contributed by atoms with van der Waals surface area (Å²) in [6.45, 7) is 2.10. The third-order valence-corrected chi connectivity index (χ3v) is 4.61. The van der Waals surface area contributed by atoms with Crippen LogP contribution in [0.15, 0.2) is 22.7 Å². The van der Waals surface area contributed by atoms with Crippen LogP contribution in [0.25, 0.3) is 0 Å². The van der Waals surface area contributed by atoms with Crippen LogP contribution < -0.4 is 11.1 Å². The number of rotatable bonds is 3. The number of carboxylic acids is 1. The molecule has 1 saturated carbocycles. The average Bonchev–Trinajstić information content (AvgIpc) is 2.40. The molecule has 5 nitrogen and oxygen atoms in total. The molecule has 2 unspecified atom stereocenters. The number of halogens is 1. The molecule has 2 rings (SSSR count). The van der Waals surface area contributed by atoms with Gasteiger partial charge in [-0.15, -0.1) is 0 Å². The lowest BCUT2D eigenvalue weighted by Gasteiger charge is -2.35. The number of anilines is 1. The highest BCUT2D eigenvalue weighted by Crippen LogP contribution is 2.32. The van der Waals surface area contributed by atoms with Crippen LogP contribution in [-0.2, 0) is 4.79 Å². The predicted octanol–water partition coefficient (Wildman–Crippen LogP) is 2.99. The maximum absolute atomic E-state index is 12.4. The zero-order valence-electron chi connectivity index (χ0n) is 11.9. The smallest absolute Gasteiger partial charge is 0.335 e. The molecule has 4 N–H and O–H groups in total. The van der Waals surface area contributed by atoms with Crippen molar-refractivity contribution < 1.29 is 14.7 Å². The second kappa shape index (κ2) is 6.15. The summed E-state index contributed by atoms with van der Waals surface area (Å²) >= 11 is 3.28. The fourth-order valence-corrected chi connectivity index (χ4v) is 3.27. The Balaban J connectivity index is 2.14. The van der Waals surface area contributed by atoms with Gasteiger partial charge in [-0.3, -0.25) is 4.79 Å². The molecule has 0 spiro atoms. The molecule has 0 bridgehead atoms. The largest absolute Gasteiger partial charge is 0.478 e. The second-order valence-electron chi connectivity index (χ2n) is 5.81. The van der Waals surface area contributed by atoms with Gasteiger partial charge in [-0.2, -0.15) is 0 Å². The topological polar surface area (TPSA) is 92.4 Å². The Kier molecular flexibility index (Phi) is 4.68. The van der Waals surface area contributed by atoms with Gasteiger partial charge >= 0.3 is 5.97 Å². The van der Waals surface area contributed by atoms with Crippen molar-refractivity contribution in [3.05, 3.63) is 28.2 Å².